The summed E-state index contributed by atoms with van der Waals surface area (Å²) >= 11 is 5.94. The fourth-order valence-electron chi connectivity index (χ4n) is 1.54. The van der Waals surface area contributed by atoms with Crippen molar-refractivity contribution in [1.29, 1.82) is 0 Å². The summed E-state index contributed by atoms with van der Waals surface area (Å²) in [5.74, 6) is -0.797. The average Bonchev–Trinajstić information content (AvgIpc) is 2.37. The molecule has 0 fully saturated rings. The van der Waals surface area contributed by atoms with Crippen LogP contribution in [0.5, 0.6) is 5.75 Å². The van der Waals surface area contributed by atoms with Gasteiger partial charge in [0.2, 0.25) is 0 Å². The van der Waals surface area contributed by atoms with E-state index in [0.717, 1.165) is 0 Å². The predicted octanol–water partition coefficient (Wildman–Crippen LogP) is 2.58. The number of carboxylic acid groups (broad SMARTS) is 1. The summed E-state index contributed by atoms with van der Waals surface area (Å²) in [4.78, 5) is 22.8. The molecule has 1 aromatic carbocycles. The van der Waals surface area contributed by atoms with Crippen molar-refractivity contribution in [2.24, 2.45) is 5.92 Å². The first-order chi connectivity index (χ1) is 9.35. The highest BCUT2D eigenvalue weighted by Crippen LogP contribution is 2.26. The number of carbonyl (C=O) groups is 2. The van der Waals surface area contributed by atoms with Crippen molar-refractivity contribution in [2.45, 2.75) is 19.9 Å². The largest absolute Gasteiger partial charge is 0.497 e. The maximum absolute atomic E-state index is 11.8. The second kappa shape index (κ2) is 7.00. The van der Waals surface area contributed by atoms with E-state index in [9.17, 15) is 9.59 Å². The van der Waals surface area contributed by atoms with Crippen molar-refractivity contribution in [1.82, 2.24) is 5.32 Å². The third-order valence-corrected chi connectivity index (χ3v) is 2.97. The third-order valence-electron chi connectivity index (χ3n) is 2.64. The van der Waals surface area contributed by atoms with Gasteiger partial charge in [-0.05, 0) is 18.1 Å². The number of ether oxygens (including phenoxy) is 1. The van der Waals surface area contributed by atoms with E-state index in [0.29, 0.717) is 16.5 Å². The number of benzene rings is 1. The van der Waals surface area contributed by atoms with E-state index >= 15 is 0 Å². The van der Waals surface area contributed by atoms with Crippen molar-refractivity contribution in [3.8, 4) is 5.75 Å². The maximum Gasteiger partial charge on any atom is 0.326 e. The van der Waals surface area contributed by atoms with Gasteiger partial charge in [-0.1, -0.05) is 25.4 Å². The first-order valence-electron chi connectivity index (χ1n) is 5.99. The van der Waals surface area contributed by atoms with Gasteiger partial charge in [0.1, 0.15) is 11.8 Å². The summed E-state index contributed by atoms with van der Waals surface area (Å²) in [5, 5.41) is 14.2. The molecule has 1 atom stereocenters. The number of methoxy groups -OCH3 is 1. The number of aliphatic carboxylic acids is 1. The quantitative estimate of drug-likeness (QED) is 0.780. The van der Waals surface area contributed by atoms with E-state index in [4.69, 9.17) is 21.4 Å². The molecule has 110 valence electrons. The minimum Gasteiger partial charge on any atom is -0.497 e. The number of carbonyl (C=O) groups excluding carboxylic acids is 1. The molecule has 6 nitrogen and oxygen atoms in total. The Morgan fingerprint density at radius 3 is 2.50 bits per heavy atom. The Balaban J connectivity index is 2.78. The molecule has 7 heteroatoms. The van der Waals surface area contributed by atoms with Crippen LogP contribution in [-0.4, -0.2) is 30.3 Å². The van der Waals surface area contributed by atoms with Crippen LogP contribution in [0.25, 0.3) is 0 Å². The lowest BCUT2D eigenvalue weighted by molar-refractivity contribution is -0.140. The number of anilines is 1. The summed E-state index contributed by atoms with van der Waals surface area (Å²) in [6, 6.07) is 3.17. The minimum atomic E-state index is -1.09. The summed E-state index contributed by atoms with van der Waals surface area (Å²) in [6.07, 6.45) is 0. The summed E-state index contributed by atoms with van der Waals surface area (Å²) < 4.78 is 5.02. The second-order valence-electron chi connectivity index (χ2n) is 4.50. The molecule has 2 amide bonds. The van der Waals surface area contributed by atoms with Crippen LogP contribution >= 0.6 is 11.6 Å². The van der Waals surface area contributed by atoms with Gasteiger partial charge < -0.3 is 20.5 Å². The Kier molecular flexibility index (Phi) is 5.64. The third kappa shape index (κ3) is 4.31. The standard InChI is InChI=1S/C13H17ClN2O4/c1-7(2)11(12(17)18)16-13(19)15-10-6-8(20-3)4-5-9(10)14/h4-7,11H,1-3H3,(H,17,18)(H2,15,16,19)/t11-/m1/s1. The Morgan fingerprint density at radius 1 is 1.35 bits per heavy atom. The highest BCUT2D eigenvalue weighted by Gasteiger charge is 2.23. The number of rotatable bonds is 5. The molecule has 0 spiro atoms. The van der Waals surface area contributed by atoms with Crippen LogP contribution in [0.15, 0.2) is 18.2 Å². The smallest absolute Gasteiger partial charge is 0.326 e. The molecule has 1 rings (SSSR count). The van der Waals surface area contributed by atoms with Crippen molar-refractivity contribution in [3.63, 3.8) is 0 Å². The summed E-state index contributed by atoms with van der Waals surface area (Å²) in [7, 11) is 1.49. The summed E-state index contributed by atoms with van der Waals surface area (Å²) in [6.45, 7) is 3.41. The lowest BCUT2D eigenvalue weighted by atomic mass is 10.1. The highest BCUT2D eigenvalue weighted by atomic mass is 35.5. The van der Waals surface area contributed by atoms with Crippen LogP contribution in [0.4, 0.5) is 10.5 Å². The predicted molar refractivity (Wildman–Crippen MR) is 76.4 cm³/mol. The SMILES string of the molecule is COc1ccc(Cl)c(NC(=O)N[C@@H](C(=O)O)C(C)C)c1. The number of amides is 2. The zero-order chi connectivity index (χ0) is 15.3. The number of hydrogen-bond acceptors (Lipinski definition) is 3. The van der Waals surface area contributed by atoms with E-state index < -0.39 is 18.0 Å². The molecular formula is C13H17ClN2O4. The van der Waals surface area contributed by atoms with Gasteiger partial charge in [-0.3, -0.25) is 0 Å². The molecule has 0 saturated carbocycles. The number of nitrogens with one attached hydrogen (secondary N) is 2. The Labute approximate surface area is 122 Å². The van der Waals surface area contributed by atoms with Crippen LogP contribution in [0.3, 0.4) is 0 Å². The highest BCUT2D eigenvalue weighted by molar-refractivity contribution is 6.33. The first kappa shape index (κ1) is 16.1. The van der Waals surface area contributed by atoms with Gasteiger partial charge in [0.05, 0.1) is 17.8 Å². The van der Waals surface area contributed by atoms with E-state index in [-0.39, 0.29) is 5.92 Å². The van der Waals surface area contributed by atoms with Crippen LogP contribution < -0.4 is 15.4 Å². The van der Waals surface area contributed by atoms with Gasteiger partial charge in [0.25, 0.3) is 0 Å². The number of carboxylic acids is 1. The molecule has 0 unspecified atom stereocenters. The molecular weight excluding hydrogens is 284 g/mol. The van der Waals surface area contributed by atoms with E-state index in [1.54, 1.807) is 32.0 Å². The Hall–Kier alpha value is -1.95. The number of urea groups is 1. The topological polar surface area (TPSA) is 87.7 Å². The van der Waals surface area contributed by atoms with Crippen LogP contribution in [0.2, 0.25) is 5.02 Å². The van der Waals surface area contributed by atoms with Gasteiger partial charge in [-0.25, -0.2) is 9.59 Å². The van der Waals surface area contributed by atoms with E-state index in [1.165, 1.54) is 7.11 Å². The van der Waals surface area contributed by atoms with Crippen LogP contribution in [0.1, 0.15) is 13.8 Å². The molecule has 0 aliphatic heterocycles. The average molecular weight is 301 g/mol. The van der Waals surface area contributed by atoms with Gasteiger partial charge >= 0.3 is 12.0 Å². The Morgan fingerprint density at radius 2 is 2.00 bits per heavy atom. The van der Waals surface area contributed by atoms with Gasteiger partial charge in [0, 0.05) is 6.07 Å². The van der Waals surface area contributed by atoms with Crippen LogP contribution in [0, 0.1) is 5.92 Å². The Bertz CT molecular complexity index is 505. The van der Waals surface area contributed by atoms with Crippen molar-refractivity contribution in [3.05, 3.63) is 23.2 Å². The molecule has 0 aromatic heterocycles. The lowest BCUT2D eigenvalue weighted by Crippen LogP contribution is -2.46. The zero-order valence-electron chi connectivity index (χ0n) is 11.4. The van der Waals surface area contributed by atoms with Gasteiger partial charge in [-0.15, -0.1) is 0 Å². The minimum absolute atomic E-state index is 0.237. The molecule has 0 bridgehead atoms. The molecule has 0 heterocycles. The monoisotopic (exact) mass is 300 g/mol. The molecule has 0 aliphatic carbocycles. The van der Waals surface area contributed by atoms with Crippen molar-refractivity contribution < 1.29 is 19.4 Å². The van der Waals surface area contributed by atoms with Gasteiger partial charge in [0.15, 0.2) is 0 Å². The molecule has 0 aliphatic rings. The molecule has 1 aromatic rings. The van der Waals surface area contributed by atoms with E-state index in [2.05, 4.69) is 10.6 Å². The zero-order valence-corrected chi connectivity index (χ0v) is 12.2. The number of hydrogen-bond donors (Lipinski definition) is 3. The fraction of sp³-hybridized carbons (Fsp3) is 0.385. The first-order valence-corrected chi connectivity index (χ1v) is 6.36. The van der Waals surface area contributed by atoms with Gasteiger partial charge in [-0.2, -0.15) is 0 Å². The summed E-state index contributed by atoms with van der Waals surface area (Å²) in [5.41, 5.74) is 0.344. The van der Waals surface area contributed by atoms with E-state index in [1.807, 2.05) is 0 Å². The second-order valence-corrected chi connectivity index (χ2v) is 4.91. The molecule has 0 radical (unpaired) electrons. The normalized spacial score (nSPS) is 11.8. The molecule has 0 saturated heterocycles. The maximum atomic E-state index is 11.8. The van der Waals surface area contributed by atoms with Crippen molar-refractivity contribution >= 4 is 29.3 Å². The number of halogens is 1. The van der Waals surface area contributed by atoms with Crippen LogP contribution in [-0.2, 0) is 4.79 Å². The molecule has 3 N–H and O–H groups in total. The fourth-order valence-corrected chi connectivity index (χ4v) is 1.71. The van der Waals surface area contributed by atoms with Crippen molar-refractivity contribution in [2.75, 3.05) is 12.4 Å². The lowest BCUT2D eigenvalue weighted by Gasteiger charge is -2.18. The molecule has 20 heavy (non-hydrogen) atoms.